The molecule has 0 aromatic heterocycles. The van der Waals surface area contributed by atoms with Gasteiger partial charge in [-0.2, -0.15) is 0 Å². The first kappa shape index (κ1) is 11.2. The molecule has 0 saturated carbocycles. The van der Waals surface area contributed by atoms with E-state index in [1.54, 1.807) is 6.92 Å². The largest absolute Gasteiger partial charge is 0.507 e. The number of phenolic OH excluding ortho intramolecular Hbond substituents is 2. The summed E-state index contributed by atoms with van der Waals surface area (Å²) in [5.74, 6) is -2.18. The number of hydrogen-bond acceptors (Lipinski definition) is 5. The molecule has 2 N–H and O–H groups in total. The summed E-state index contributed by atoms with van der Waals surface area (Å²) in [6.07, 6.45) is 2.37. The quantitative estimate of drug-likeness (QED) is 0.563. The van der Waals surface area contributed by atoms with Gasteiger partial charge in [0, 0.05) is 11.1 Å². The van der Waals surface area contributed by atoms with Gasteiger partial charge in [-0.25, -0.2) is 0 Å². The molecule has 88 valence electrons. The Hall–Kier alpha value is -2.30. The molecule has 1 aliphatic carbocycles. The molecule has 5 heteroatoms. The molecule has 5 nitrogen and oxygen atoms in total. The highest BCUT2D eigenvalue weighted by Gasteiger charge is 2.30. The minimum Gasteiger partial charge on any atom is -0.507 e. The van der Waals surface area contributed by atoms with E-state index in [1.165, 1.54) is 13.2 Å². The lowest BCUT2D eigenvalue weighted by Crippen LogP contribution is -2.17. The molecule has 0 amide bonds. The molecular weight excluding hydrogens is 224 g/mol. The molecule has 0 radical (unpaired) electrons. The van der Waals surface area contributed by atoms with Gasteiger partial charge in [-0.3, -0.25) is 9.59 Å². The number of ketones is 2. The molecule has 2 rings (SSSR count). The van der Waals surface area contributed by atoms with Crippen molar-refractivity contribution < 1.29 is 24.5 Å². The molecular formula is C12H10O5. The molecule has 0 atom stereocenters. The second-order valence-corrected chi connectivity index (χ2v) is 3.67. The monoisotopic (exact) mass is 234 g/mol. The smallest absolute Gasteiger partial charge is 0.237 e. The molecule has 0 aliphatic heterocycles. The summed E-state index contributed by atoms with van der Waals surface area (Å²) >= 11 is 0. The van der Waals surface area contributed by atoms with Crippen LogP contribution < -0.4 is 4.74 Å². The predicted molar refractivity (Wildman–Crippen MR) is 59.4 cm³/mol. The highest BCUT2D eigenvalue weighted by atomic mass is 16.5. The van der Waals surface area contributed by atoms with Gasteiger partial charge in [-0.1, -0.05) is 0 Å². The Morgan fingerprint density at radius 3 is 2.35 bits per heavy atom. The fourth-order valence-electron chi connectivity index (χ4n) is 1.85. The Bertz CT molecular complexity index is 569. The number of rotatable bonds is 1. The molecule has 17 heavy (non-hydrogen) atoms. The zero-order chi connectivity index (χ0) is 12.7. The second kappa shape index (κ2) is 3.62. The van der Waals surface area contributed by atoms with Crippen molar-refractivity contribution in [3.05, 3.63) is 22.8 Å². The van der Waals surface area contributed by atoms with E-state index in [1.807, 2.05) is 0 Å². The fraction of sp³-hybridized carbons (Fsp3) is 0.167. The lowest BCUT2D eigenvalue weighted by Gasteiger charge is -2.17. The van der Waals surface area contributed by atoms with Gasteiger partial charge in [-0.15, -0.1) is 0 Å². The molecule has 0 unspecified atom stereocenters. The maximum atomic E-state index is 11.6. The van der Waals surface area contributed by atoms with Crippen LogP contribution in [0.5, 0.6) is 17.2 Å². The van der Waals surface area contributed by atoms with Gasteiger partial charge in [0.2, 0.25) is 11.6 Å². The second-order valence-electron chi connectivity index (χ2n) is 3.67. The van der Waals surface area contributed by atoms with Crippen molar-refractivity contribution in [3.63, 3.8) is 0 Å². The molecule has 1 aromatic carbocycles. The number of aromatic hydroxyl groups is 2. The van der Waals surface area contributed by atoms with Crippen molar-refractivity contribution in [2.24, 2.45) is 0 Å². The Morgan fingerprint density at radius 2 is 1.76 bits per heavy atom. The van der Waals surface area contributed by atoms with E-state index in [4.69, 9.17) is 4.74 Å². The molecule has 0 spiro atoms. The third kappa shape index (κ3) is 1.39. The number of fused-ring (bicyclic) bond motifs is 1. The molecule has 0 fully saturated rings. The minimum absolute atomic E-state index is 0.00213. The van der Waals surface area contributed by atoms with E-state index in [0.29, 0.717) is 5.56 Å². The van der Waals surface area contributed by atoms with Crippen molar-refractivity contribution >= 4 is 17.6 Å². The van der Waals surface area contributed by atoms with Crippen LogP contribution in [0.2, 0.25) is 0 Å². The summed E-state index contributed by atoms with van der Waals surface area (Å²) in [4.78, 5) is 22.9. The van der Waals surface area contributed by atoms with Crippen LogP contribution in [0.4, 0.5) is 0 Å². The standard InChI is InChI=1S/C12H10O5/c1-5-9(14)6-3-4-7(13)10(15)8(6)11(16)12(5)17-2/h3-4,14,16H,1-2H3. The first-order valence-electron chi connectivity index (χ1n) is 4.88. The van der Waals surface area contributed by atoms with Crippen molar-refractivity contribution in [2.45, 2.75) is 6.92 Å². The lowest BCUT2D eigenvalue weighted by molar-refractivity contribution is -0.110. The lowest BCUT2D eigenvalue weighted by atomic mass is 9.91. The van der Waals surface area contributed by atoms with Crippen molar-refractivity contribution in [2.75, 3.05) is 7.11 Å². The molecule has 1 aromatic rings. The number of benzene rings is 1. The average molecular weight is 234 g/mol. The first-order chi connectivity index (χ1) is 7.99. The fourth-order valence-corrected chi connectivity index (χ4v) is 1.85. The van der Waals surface area contributed by atoms with Crippen LogP contribution >= 0.6 is 0 Å². The number of hydrogen-bond donors (Lipinski definition) is 2. The molecule has 0 heterocycles. The van der Waals surface area contributed by atoms with Crippen LogP contribution in [0.25, 0.3) is 6.08 Å². The van der Waals surface area contributed by atoms with E-state index >= 15 is 0 Å². The van der Waals surface area contributed by atoms with Crippen LogP contribution in [0.15, 0.2) is 6.08 Å². The van der Waals surface area contributed by atoms with Gasteiger partial charge in [0.25, 0.3) is 0 Å². The van der Waals surface area contributed by atoms with Crippen LogP contribution in [-0.4, -0.2) is 28.9 Å². The number of carbonyl (C=O) groups is 2. The van der Waals surface area contributed by atoms with Crippen molar-refractivity contribution in [1.29, 1.82) is 0 Å². The SMILES string of the molecule is COc1c(C)c(O)c2c(c1O)C(=O)C(=O)C=C2. The van der Waals surface area contributed by atoms with E-state index in [0.717, 1.165) is 6.08 Å². The Kier molecular flexibility index (Phi) is 2.38. The van der Waals surface area contributed by atoms with Crippen LogP contribution in [0.3, 0.4) is 0 Å². The van der Waals surface area contributed by atoms with Gasteiger partial charge in [0.15, 0.2) is 11.5 Å². The van der Waals surface area contributed by atoms with Gasteiger partial charge in [0.05, 0.1) is 12.7 Å². The minimum atomic E-state index is -0.853. The Balaban J connectivity index is 2.88. The third-order valence-electron chi connectivity index (χ3n) is 2.73. The maximum Gasteiger partial charge on any atom is 0.237 e. The number of ether oxygens (including phenoxy) is 1. The normalized spacial score (nSPS) is 13.8. The number of methoxy groups -OCH3 is 1. The third-order valence-corrected chi connectivity index (χ3v) is 2.73. The summed E-state index contributed by atoms with van der Waals surface area (Å²) in [6, 6.07) is 0. The molecule has 1 aliphatic rings. The summed E-state index contributed by atoms with van der Waals surface area (Å²) in [7, 11) is 1.30. The van der Waals surface area contributed by atoms with Crippen LogP contribution in [-0.2, 0) is 4.79 Å². The average Bonchev–Trinajstić information content (AvgIpc) is 2.30. The highest BCUT2D eigenvalue weighted by molar-refractivity contribution is 6.50. The number of phenols is 2. The predicted octanol–water partition coefficient (Wildman–Crippen LogP) is 1.19. The van der Waals surface area contributed by atoms with Gasteiger partial charge < -0.3 is 14.9 Å². The van der Waals surface area contributed by atoms with Gasteiger partial charge in [0.1, 0.15) is 5.75 Å². The summed E-state index contributed by atoms with van der Waals surface area (Å²) < 4.78 is 4.91. The number of Topliss-reactive ketones (excluding diaryl/α,β-unsaturated/α-hetero) is 1. The van der Waals surface area contributed by atoms with Crippen molar-refractivity contribution in [1.82, 2.24) is 0 Å². The number of carbonyl (C=O) groups excluding carboxylic acids is 2. The van der Waals surface area contributed by atoms with E-state index in [9.17, 15) is 19.8 Å². The van der Waals surface area contributed by atoms with Gasteiger partial charge in [-0.05, 0) is 19.1 Å². The summed E-state index contributed by atoms with van der Waals surface area (Å²) in [5, 5.41) is 19.8. The number of allylic oxidation sites excluding steroid dienone is 1. The topological polar surface area (TPSA) is 83.8 Å². The van der Waals surface area contributed by atoms with Crippen LogP contribution in [0, 0.1) is 6.92 Å². The van der Waals surface area contributed by atoms with Crippen LogP contribution in [0.1, 0.15) is 21.5 Å². The van der Waals surface area contributed by atoms with E-state index in [2.05, 4.69) is 0 Å². The maximum absolute atomic E-state index is 11.6. The first-order valence-corrected chi connectivity index (χ1v) is 4.88. The van der Waals surface area contributed by atoms with E-state index < -0.39 is 17.3 Å². The molecule has 0 saturated heterocycles. The Labute approximate surface area is 97.0 Å². The summed E-state index contributed by atoms with van der Waals surface area (Å²) in [5.41, 5.74) is 0.249. The van der Waals surface area contributed by atoms with Crippen molar-refractivity contribution in [3.8, 4) is 17.2 Å². The Morgan fingerprint density at radius 1 is 1.12 bits per heavy atom. The zero-order valence-corrected chi connectivity index (χ0v) is 9.27. The summed E-state index contributed by atoms with van der Waals surface area (Å²) in [6.45, 7) is 1.54. The highest BCUT2D eigenvalue weighted by Crippen LogP contribution is 2.44. The molecule has 0 bridgehead atoms. The zero-order valence-electron chi connectivity index (χ0n) is 9.27. The van der Waals surface area contributed by atoms with Gasteiger partial charge >= 0.3 is 0 Å². The van der Waals surface area contributed by atoms with E-state index in [-0.39, 0.29) is 22.6 Å².